The summed E-state index contributed by atoms with van der Waals surface area (Å²) in [6.07, 6.45) is 3.41. The lowest BCUT2D eigenvalue weighted by atomic mass is 10.2. The first-order valence-corrected chi connectivity index (χ1v) is 4.58. The Hall–Kier alpha value is -1.71. The zero-order chi connectivity index (χ0) is 10.8. The van der Waals surface area contributed by atoms with Gasteiger partial charge in [0.25, 0.3) is 0 Å². The molecule has 0 aliphatic rings. The largest absolute Gasteiger partial charge is 0.331 e. The first kappa shape index (κ1) is 9.83. The number of rotatable bonds is 2. The van der Waals surface area contributed by atoms with Gasteiger partial charge in [-0.15, -0.1) is 0 Å². The monoisotopic (exact) mass is 208 g/mol. The summed E-state index contributed by atoms with van der Waals surface area (Å²) >= 11 is 0. The summed E-state index contributed by atoms with van der Waals surface area (Å²) in [5.41, 5.74) is 0.456. The van der Waals surface area contributed by atoms with Crippen molar-refractivity contribution in [3.63, 3.8) is 0 Å². The van der Waals surface area contributed by atoms with Gasteiger partial charge in [0, 0.05) is 24.0 Å². The van der Waals surface area contributed by atoms with Gasteiger partial charge in [-0.05, 0) is 13.0 Å². The molecule has 0 aliphatic carbocycles. The van der Waals surface area contributed by atoms with Crippen molar-refractivity contribution in [1.82, 2.24) is 9.55 Å². The lowest BCUT2D eigenvalue weighted by Gasteiger charge is -2.06. The second-order valence-electron chi connectivity index (χ2n) is 3.34. The zero-order valence-corrected chi connectivity index (χ0v) is 8.24. The van der Waals surface area contributed by atoms with Crippen molar-refractivity contribution < 1.29 is 8.78 Å². The molecule has 2 nitrogen and oxygen atoms in total. The summed E-state index contributed by atoms with van der Waals surface area (Å²) in [6, 6.07) is 3.59. The van der Waals surface area contributed by atoms with Crippen LogP contribution in [-0.4, -0.2) is 9.55 Å². The summed E-state index contributed by atoms with van der Waals surface area (Å²) in [6.45, 7) is 2.21. The summed E-state index contributed by atoms with van der Waals surface area (Å²) in [5, 5.41) is 0. The molecule has 78 valence electrons. The van der Waals surface area contributed by atoms with Gasteiger partial charge in [0.2, 0.25) is 0 Å². The third-order valence-electron chi connectivity index (χ3n) is 2.28. The van der Waals surface area contributed by atoms with Crippen LogP contribution >= 0.6 is 0 Å². The Bertz CT molecular complexity index is 477. The SMILES string of the molecule is Cc1nccn1Cc1ccc(F)cc1F. The molecule has 2 rings (SSSR count). The van der Waals surface area contributed by atoms with Crippen LogP contribution in [0, 0.1) is 18.6 Å². The highest BCUT2D eigenvalue weighted by Gasteiger charge is 2.05. The Kier molecular flexibility index (Phi) is 2.49. The number of imidazole rings is 1. The van der Waals surface area contributed by atoms with E-state index in [4.69, 9.17) is 0 Å². The number of hydrogen-bond acceptors (Lipinski definition) is 1. The number of nitrogens with zero attached hydrogens (tertiary/aromatic N) is 2. The molecule has 0 unspecified atom stereocenters. The predicted octanol–water partition coefficient (Wildman–Crippen LogP) is 2.52. The van der Waals surface area contributed by atoms with E-state index >= 15 is 0 Å². The van der Waals surface area contributed by atoms with Crippen LogP contribution in [0.5, 0.6) is 0 Å². The molecule has 0 atom stereocenters. The zero-order valence-electron chi connectivity index (χ0n) is 8.24. The van der Waals surface area contributed by atoms with Crippen LogP contribution < -0.4 is 0 Å². The van der Waals surface area contributed by atoms with Gasteiger partial charge in [0.05, 0.1) is 6.54 Å². The molecule has 0 amide bonds. The van der Waals surface area contributed by atoms with Crippen LogP contribution in [-0.2, 0) is 6.54 Å². The molecular weight excluding hydrogens is 198 g/mol. The van der Waals surface area contributed by atoms with Gasteiger partial charge in [0.15, 0.2) is 0 Å². The third kappa shape index (κ3) is 2.03. The number of halogens is 2. The highest BCUT2D eigenvalue weighted by Crippen LogP contribution is 2.11. The first-order chi connectivity index (χ1) is 7.16. The van der Waals surface area contributed by atoms with E-state index in [2.05, 4.69) is 4.98 Å². The summed E-state index contributed by atoms with van der Waals surface area (Å²) in [7, 11) is 0. The fraction of sp³-hybridized carbons (Fsp3) is 0.182. The summed E-state index contributed by atoms with van der Waals surface area (Å²) in [4.78, 5) is 4.03. The van der Waals surface area contributed by atoms with E-state index in [0.717, 1.165) is 11.9 Å². The van der Waals surface area contributed by atoms with Crippen molar-refractivity contribution in [3.05, 3.63) is 53.6 Å². The maximum Gasteiger partial charge on any atom is 0.131 e. The van der Waals surface area contributed by atoms with Gasteiger partial charge in [-0.2, -0.15) is 0 Å². The van der Waals surface area contributed by atoms with Crippen LogP contribution in [0.3, 0.4) is 0 Å². The number of aromatic nitrogens is 2. The molecule has 0 spiro atoms. The maximum atomic E-state index is 13.3. The van der Waals surface area contributed by atoms with Gasteiger partial charge < -0.3 is 4.57 Å². The van der Waals surface area contributed by atoms with Crippen molar-refractivity contribution in [2.24, 2.45) is 0 Å². The topological polar surface area (TPSA) is 17.8 Å². The van der Waals surface area contributed by atoms with E-state index in [1.807, 2.05) is 6.92 Å². The van der Waals surface area contributed by atoms with Crippen LogP contribution in [0.25, 0.3) is 0 Å². The fourth-order valence-corrected chi connectivity index (χ4v) is 1.40. The minimum atomic E-state index is -0.557. The number of aryl methyl sites for hydroxylation is 1. The van der Waals surface area contributed by atoms with Crippen molar-refractivity contribution >= 4 is 0 Å². The Morgan fingerprint density at radius 1 is 1.33 bits per heavy atom. The predicted molar refractivity (Wildman–Crippen MR) is 52.4 cm³/mol. The lowest BCUT2D eigenvalue weighted by Crippen LogP contribution is -2.03. The molecule has 0 saturated heterocycles. The second kappa shape index (κ2) is 3.81. The molecule has 0 saturated carbocycles. The number of hydrogen-bond donors (Lipinski definition) is 0. The second-order valence-corrected chi connectivity index (χ2v) is 3.34. The van der Waals surface area contributed by atoms with Crippen molar-refractivity contribution in [3.8, 4) is 0 Å². The van der Waals surface area contributed by atoms with E-state index in [-0.39, 0.29) is 0 Å². The molecular formula is C11H10F2N2. The van der Waals surface area contributed by atoms with Gasteiger partial charge in [-0.25, -0.2) is 13.8 Å². The molecule has 1 aromatic heterocycles. The van der Waals surface area contributed by atoms with E-state index in [9.17, 15) is 8.78 Å². The normalized spacial score (nSPS) is 10.6. The molecule has 2 aromatic rings. The first-order valence-electron chi connectivity index (χ1n) is 4.58. The molecule has 0 bridgehead atoms. The summed E-state index contributed by atoms with van der Waals surface area (Å²) < 4.78 is 27.7. The van der Waals surface area contributed by atoms with Crippen LogP contribution in [0.1, 0.15) is 11.4 Å². The molecule has 4 heteroatoms. The molecule has 15 heavy (non-hydrogen) atoms. The van der Waals surface area contributed by atoms with E-state index < -0.39 is 11.6 Å². The summed E-state index contributed by atoms with van der Waals surface area (Å²) in [5.74, 6) is -0.277. The molecule has 1 aromatic carbocycles. The van der Waals surface area contributed by atoms with E-state index in [1.54, 1.807) is 17.0 Å². The smallest absolute Gasteiger partial charge is 0.131 e. The van der Waals surface area contributed by atoms with Crippen LogP contribution in [0.4, 0.5) is 8.78 Å². The molecule has 0 radical (unpaired) electrons. The van der Waals surface area contributed by atoms with E-state index in [0.29, 0.717) is 12.1 Å². The van der Waals surface area contributed by atoms with Gasteiger partial charge in [0.1, 0.15) is 17.5 Å². The van der Waals surface area contributed by atoms with Crippen LogP contribution in [0.2, 0.25) is 0 Å². The third-order valence-corrected chi connectivity index (χ3v) is 2.28. The molecule has 0 N–H and O–H groups in total. The Morgan fingerprint density at radius 2 is 2.13 bits per heavy atom. The average Bonchev–Trinajstić information content (AvgIpc) is 2.57. The lowest BCUT2D eigenvalue weighted by molar-refractivity contribution is 0.565. The van der Waals surface area contributed by atoms with E-state index in [1.165, 1.54) is 12.1 Å². The quantitative estimate of drug-likeness (QED) is 0.741. The molecule has 0 aliphatic heterocycles. The average molecular weight is 208 g/mol. The van der Waals surface area contributed by atoms with Gasteiger partial charge in [-0.1, -0.05) is 6.07 Å². The van der Waals surface area contributed by atoms with Crippen molar-refractivity contribution in [2.75, 3.05) is 0 Å². The Morgan fingerprint density at radius 3 is 2.73 bits per heavy atom. The van der Waals surface area contributed by atoms with Crippen molar-refractivity contribution in [1.29, 1.82) is 0 Å². The molecule has 1 heterocycles. The highest BCUT2D eigenvalue weighted by atomic mass is 19.1. The van der Waals surface area contributed by atoms with Gasteiger partial charge in [-0.3, -0.25) is 0 Å². The standard InChI is InChI=1S/C11H10F2N2/c1-8-14-4-5-15(8)7-9-2-3-10(12)6-11(9)13/h2-6H,7H2,1H3. The highest BCUT2D eigenvalue weighted by molar-refractivity contribution is 5.19. The Labute approximate surface area is 86.2 Å². The van der Waals surface area contributed by atoms with Crippen LogP contribution in [0.15, 0.2) is 30.6 Å². The van der Waals surface area contributed by atoms with Crippen molar-refractivity contribution in [2.45, 2.75) is 13.5 Å². The maximum absolute atomic E-state index is 13.3. The fourth-order valence-electron chi connectivity index (χ4n) is 1.40. The number of benzene rings is 1. The minimum Gasteiger partial charge on any atom is -0.331 e. The van der Waals surface area contributed by atoms with Gasteiger partial charge >= 0.3 is 0 Å². The minimum absolute atomic E-state index is 0.373. The molecule has 0 fully saturated rings. The Balaban J connectivity index is 2.29.